The highest BCUT2D eigenvalue weighted by molar-refractivity contribution is 5.93. The van der Waals surface area contributed by atoms with Crippen LogP contribution in [0.15, 0.2) is 30.6 Å². The van der Waals surface area contributed by atoms with Crippen molar-refractivity contribution in [2.24, 2.45) is 0 Å². The highest BCUT2D eigenvalue weighted by Gasteiger charge is 2.15. The molecule has 3 aromatic rings. The SMILES string of the molecule is CCCN(C)CCOc1cc2ncnc(Nc3c(F)ccc(O)c3C)c2cc1OC. The van der Waals surface area contributed by atoms with Crippen LogP contribution in [0.3, 0.4) is 0 Å². The van der Waals surface area contributed by atoms with Gasteiger partial charge in [-0.2, -0.15) is 0 Å². The number of hydrogen-bond donors (Lipinski definition) is 2. The third-order valence-electron chi connectivity index (χ3n) is 4.89. The topological polar surface area (TPSA) is 79.7 Å². The van der Waals surface area contributed by atoms with E-state index < -0.39 is 5.82 Å². The highest BCUT2D eigenvalue weighted by atomic mass is 19.1. The van der Waals surface area contributed by atoms with Crippen LogP contribution >= 0.6 is 0 Å². The molecule has 2 N–H and O–H groups in total. The maximum atomic E-state index is 14.3. The number of aromatic nitrogens is 2. The lowest BCUT2D eigenvalue weighted by Crippen LogP contribution is -2.25. The molecule has 0 bridgehead atoms. The first-order valence-electron chi connectivity index (χ1n) is 9.83. The first-order valence-corrected chi connectivity index (χ1v) is 9.83. The van der Waals surface area contributed by atoms with E-state index in [2.05, 4.69) is 34.2 Å². The van der Waals surface area contributed by atoms with E-state index in [-0.39, 0.29) is 11.4 Å². The zero-order chi connectivity index (χ0) is 21.7. The molecule has 0 saturated heterocycles. The van der Waals surface area contributed by atoms with Crippen molar-refractivity contribution in [3.8, 4) is 17.2 Å². The molecule has 1 heterocycles. The number of fused-ring (bicyclic) bond motifs is 1. The van der Waals surface area contributed by atoms with Gasteiger partial charge in [0.25, 0.3) is 0 Å². The van der Waals surface area contributed by atoms with Crippen LogP contribution in [0.5, 0.6) is 17.2 Å². The lowest BCUT2D eigenvalue weighted by molar-refractivity contribution is 0.230. The number of hydrogen-bond acceptors (Lipinski definition) is 7. The van der Waals surface area contributed by atoms with Gasteiger partial charge in [-0.25, -0.2) is 14.4 Å². The standard InChI is InChI=1S/C22H27FN4O3/c1-5-8-27(3)9-10-30-20-12-17-15(11-19(20)29-4)22(25-13-24-17)26-21-14(2)18(28)7-6-16(21)23/h6-7,11-13,28H,5,8-10H2,1-4H3,(H,24,25,26). The Kier molecular flexibility index (Phi) is 6.89. The summed E-state index contributed by atoms with van der Waals surface area (Å²) in [5.74, 6) is 1.03. The summed E-state index contributed by atoms with van der Waals surface area (Å²) in [5.41, 5.74) is 1.18. The molecule has 0 atom stereocenters. The fourth-order valence-electron chi connectivity index (χ4n) is 3.18. The van der Waals surface area contributed by atoms with Crippen molar-refractivity contribution < 1.29 is 19.0 Å². The maximum Gasteiger partial charge on any atom is 0.163 e. The third-order valence-corrected chi connectivity index (χ3v) is 4.89. The summed E-state index contributed by atoms with van der Waals surface area (Å²) in [5, 5.41) is 13.5. The van der Waals surface area contributed by atoms with E-state index in [0.29, 0.717) is 40.4 Å². The number of benzene rings is 2. The Hall–Kier alpha value is -3.13. The summed E-state index contributed by atoms with van der Waals surface area (Å²) in [6.07, 6.45) is 2.48. The molecule has 0 saturated carbocycles. The van der Waals surface area contributed by atoms with Gasteiger partial charge in [-0.05, 0) is 45.1 Å². The minimum Gasteiger partial charge on any atom is -0.508 e. The van der Waals surface area contributed by atoms with Gasteiger partial charge in [0.1, 0.15) is 30.3 Å². The van der Waals surface area contributed by atoms with E-state index in [4.69, 9.17) is 9.47 Å². The quantitative estimate of drug-likeness (QED) is 0.542. The molecule has 0 fully saturated rings. The summed E-state index contributed by atoms with van der Waals surface area (Å²) in [4.78, 5) is 10.8. The molecule has 0 spiro atoms. The van der Waals surface area contributed by atoms with Gasteiger partial charge in [-0.3, -0.25) is 0 Å². The normalized spacial score (nSPS) is 11.1. The predicted molar refractivity (Wildman–Crippen MR) is 115 cm³/mol. The molecule has 8 heteroatoms. The Morgan fingerprint density at radius 3 is 2.70 bits per heavy atom. The maximum absolute atomic E-state index is 14.3. The second-order valence-electron chi connectivity index (χ2n) is 7.09. The number of phenols is 1. The lowest BCUT2D eigenvalue weighted by atomic mass is 10.1. The number of nitrogens with zero attached hydrogens (tertiary/aromatic N) is 3. The van der Waals surface area contributed by atoms with Crippen LogP contribution < -0.4 is 14.8 Å². The Morgan fingerprint density at radius 1 is 1.17 bits per heavy atom. The molecule has 160 valence electrons. The third kappa shape index (κ3) is 4.71. The van der Waals surface area contributed by atoms with Crippen molar-refractivity contribution >= 4 is 22.4 Å². The van der Waals surface area contributed by atoms with E-state index in [1.54, 1.807) is 26.2 Å². The first kappa shape index (κ1) is 21.6. The van der Waals surface area contributed by atoms with E-state index in [1.165, 1.54) is 18.5 Å². The van der Waals surface area contributed by atoms with E-state index in [1.807, 2.05) is 0 Å². The predicted octanol–water partition coefficient (Wildman–Crippen LogP) is 4.26. The minimum absolute atomic E-state index is 0.00132. The molecule has 3 rings (SSSR count). The van der Waals surface area contributed by atoms with E-state index in [9.17, 15) is 9.50 Å². The number of methoxy groups -OCH3 is 1. The van der Waals surface area contributed by atoms with Crippen LogP contribution in [0.2, 0.25) is 0 Å². The molecule has 0 aliphatic heterocycles. The Morgan fingerprint density at radius 2 is 1.97 bits per heavy atom. The number of ether oxygens (including phenoxy) is 2. The second kappa shape index (κ2) is 9.58. The van der Waals surface area contributed by atoms with Crippen LogP contribution in [0.1, 0.15) is 18.9 Å². The minimum atomic E-state index is -0.486. The number of aromatic hydroxyl groups is 1. The van der Waals surface area contributed by atoms with Crippen molar-refractivity contribution in [3.63, 3.8) is 0 Å². The molecule has 0 radical (unpaired) electrons. The van der Waals surface area contributed by atoms with E-state index >= 15 is 0 Å². The average molecular weight is 414 g/mol. The number of phenolic OH excluding ortho intramolecular Hbond substituents is 1. The molecule has 2 aromatic carbocycles. The monoisotopic (exact) mass is 414 g/mol. The fourth-order valence-corrected chi connectivity index (χ4v) is 3.18. The van der Waals surface area contributed by atoms with Crippen LogP contribution in [0, 0.1) is 12.7 Å². The number of rotatable bonds is 9. The molecule has 0 unspecified atom stereocenters. The van der Waals surface area contributed by atoms with Gasteiger partial charge in [-0.1, -0.05) is 6.92 Å². The summed E-state index contributed by atoms with van der Waals surface area (Å²) in [7, 11) is 3.62. The number of halogens is 1. The van der Waals surface area contributed by atoms with Crippen molar-refractivity contribution in [1.29, 1.82) is 0 Å². The zero-order valence-electron chi connectivity index (χ0n) is 17.7. The average Bonchev–Trinajstić information content (AvgIpc) is 2.73. The van der Waals surface area contributed by atoms with Gasteiger partial charge in [0.15, 0.2) is 11.5 Å². The van der Waals surface area contributed by atoms with Crippen LogP contribution in [-0.4, -0.2) is 53.8 Å². The van der Waals surface area contributed by atoms with Crippen molar-refractivity contribution in [2.45, 2.75) is 20.3 Å². The molecule has 0 amide bonds. The molecular weight excluding hydrogens is 387 g/mol. The largest absolute Gasteiger partial charge is 0.508 e. The zero-order valence-corrected chi connectivity index (χ0v) is 17.7. The van der Waals surface area contributed by atoms with Gasteiger partial charge in [0.05, 0.1) is 18.3 Å². The van der Waals surface area contributed by atoms with E-state index in [0.717, 1.165) is 19.5 Å². The van der Waals surface area contributed by atoms with Gasteiger partial charge in [0.2, 0.25) is 0 Å². The fraction of sp³-hybridized carbons (Fsp3) is 0.364. The van der Waals surface area contributed by atoms with Gasteiger partial charge < -0.3 is 24.8 Å². The summed E-state index contributed by atoms with van der Waals surface area (Å²) >= 11 is 0. The smallest absolute Gasteiger partial charge is 0.163 e. The summed E-state index contributed by atoms with van der Waals surface area (Å²) in [6, 6.07) is 6.07. The molecule has 0 aliphatic carbocycles. The molecule has 7 nitrogen and oxygen atoms in total. The van der Waals surface area contributed by atoms with Crippen molar-refractivity contribution in [2.75, 3.05) is 39.2 Å². The number of anilines is 2. The highest BCUT2D eigenvalue weighted by Crippen LogP contribution is 2.36. The van der Waals surface area contributed by atoms with Gasteiger partial charge in [0, 0.05) is 23.6 Å². The number of nitrogens with one attached hydrogen (secondary N) is 1. The van der Waals surface area contributed by atoms with Crippen LogP contribution in [0.25, 0.3) is 10.9 Å². The van der Waals surface area contributed by atoms with Gasteiger partial charge in [-0.15, -0.1) is 0 Å². The van der Waals surface area contributed by atoms with Gasteiger partial charge >= 0.3 is 0 Å². The molecule has 30 heavy (non-hydrogen) atoms. The van der Waals surface area contributed by atoms with Crippen LogP contribution in [0.4, 0.5) is 15.9 Å². The van der Waals surface area contributed by atoms with Crippen LogP contribution in [-0.2, 0) is 0 Å². The van der Waals surface area contributed by atoms with Crippen molar-refractivity contribution in [1.82, 2.24) is 14.9 Å². The summed E-state index contributed by atoms with van der Waals surface area (Å²) < 4.78 is 25.7. The van der Waals surface area contributed by atoms with Crippen molar-refractivity contribution in [3.05, 3.63) is 42.0 Å². The Bertz CT molecular complexity index is 1030. The first-order chi connectivity index (χ1) is 14.4. The molecular formula is C22H27FN4O3. The number of likely N-dealkylation sites (N-methyl/N-ethyl adjacent to an activating group) is 1. The lowest BCUT2D eigenvalue weighted by Gasteiger charge is -2.17. The second-order valence-corrected chi connectivity index (χ2v) is 7.09. The Balaban J connectivity index is 1.91. The molecule has 0 aliphatic rings. The Labute approximate surface area is 175 Å². The summed E-state index contributed by atoms with van der Waals surface area (Å²) in [6.45, 7) is 6.08. The molecule has 1 aromatic heterocycles.